The highest BCUT2D eigenvalue weighted by atomic mass is 16.2. The van der Waals surface area contributed by atoms with Gasteiger partial charge in [0.05, 0.1) is 6.54 Å². The van der Waals surface area contributed by atoms with Crippen LogP contribution in [0.4, 0.5) is 10.5 Å². The molecule has 0 bridgehead atoms. The average molecular weight is 420 g/mol. The van der Waals surface area contributed by atoms with Crippen LogP contribution in [0.3, 0.4) is 0 Å². The molecule has 3 unspecified atom stereocenters. The summed E-state index contributed by atoms with van der Waals surface area (Å²) in [6.45, 7) is 6.28. The van der Waals surface area contributed by atoms with E-state index in [4.69, 9.17) is 0 Å². The van der Waals surface area contributed by atoms with Gasteiger partial charge in [0.25, 0.3) is 5.91 Å². The minimum atomic E-state index is -0.384. The van der Waals surface area contributed by atoms with E-state index < -0.39 is 0 Å². The summed E-state index contributed by atoms with van der Waals surface area (Å²) in [5, 5.41) is 3.58. The van der Waals surface area contributed by atoms with Crippen molar-refractivity contribution in [2.45, 2.75) is 45.3 Å². The number of aryl methyl sites for hydroxylation is 2. The zero-order valence-electron chi connectivity index (χ0n) is 18.3. The molecule has 3 aliphatic heterocycles. The lowest BCUT2D eigenvalue weighted by molar-refractivity contribution is -0.139. The van der Waals surface area contributed by atoms with Crippen LogP contribution < -0.4 is 10.2 Å². The Labute approximate surface area is 183 Å². The Balaban J connectivity index is 1.44. The average Bonchev–Trinajstić information content (AvgIpc) is 3.18. The van der Waals surface area contributed by atoms with E-state index in [1.54, 1.807) is 11.9 Å². The number of amides is 3. The number of hydrogen-bond donors (Lipinski definition) is 1. The van der Waals surface area contributed by atoms with E-state index in [0.29, 0.717) is 6.54 Å². The van der Waals surface area contributed by atoms with Crippen molar-refractivity contribution in [2.24, 2.45) is 0 Å². The molecule has 3 fully saturated rings. The quantitative estimate of drug-likeness (QED) is 0.828. The summed E-state index contributed by atoms with van der Waals surface area (Å²) in [7, 11) is 1.79. The van der Waals surface area contributed by atoms with Gasteiger partial charge in [-0.2, -0.15) is 0 Å². The van der Waals surface area contributed by atoms with E-state index in [9.17, 15) is 9.59 Å². The van der Waals surface area contributed by atoms with Crippen molar-refractivity contribution in [3.05, 3.63) is 65.2 Å². The minimum Gasteiger partial charge on any atom is -0.343 e. The number of carbonyl (C=O) groups excluding carboxylic acids is 2. The third-order valence-electron chi connectivity index (χ3n) is 6.88. The maximum absolute atomic E-state index is 13.5. The van der Waals surface area contributed by atoms with Gasteiger partial charge in [-0.15, -0.1) is 0 Å². The first kappa shape index (κ1) is 20.0. The fourth-order valence-corrected chi connectivity index (χ4v) is 5.00. The number of anilines is 1. The van der Waals surface area contributed by atoms with E-state index in [2.05, 4.69) is 47.2 Å². The molecular formula is C24H29N5O2. The van der Waals surface area contributed by atoms with Crippen molar-refractivity contribution in [2.75, 3.05) is 25.0 Å². The Morgan fingerprint density at radius 3 is 2.52 bits per heavy atom. The van der Waals surface area contributed by atoms with Crippen molar-refractivity contribution in [3.8, 4) is 0 Å². The number of benzene rings is 2. The predicted octanol–water partition coefficient (Wildman–Crippen LogP) is 2.49. The number of nitrogens with zero attached hydrogens (tertiary/aromatic N) is 4. The van der Waals surface area contributed by atoms with Gasteiger partial charge in [0.15, 0.2) is 0 Å². The molecule has 0 radical (unpaired) electrons. The highest BCUT2D eigenvalue weighted by Crippen LogP contribution is 2.34. The fraction of sp³-hybridized carbons (Fsp3) is 0.417. The lowest BCUT2D eigenvalue weighted by Crippen LogP contribution is -2.66. The van der Waals surface area contributed by atoms with Crippen LogP contribution >= 0.6 is 0 Å². The van der Waals surface area contributed by atoms with Crippen LogP contribution in [0.1, 0.15) is 23.1 Å². The zero-order valence-corrected chi connectivity index (χ0v) is 18.3. The molecule has 7 heteroatoms. The molecule has 0 aromatic heterocycles. The molecule has 0 aliphatic carbocycles. The number of imide groups is 1. The van der Waals surface area contributed by atoms with E-state index >= 15 is 0 Å². The number of nitrogens with one attached hydrogen (secondary N) is 1. The first-order chi connectivity index (χ1) is 15.0. The predicted molar refractivity (Wildman–Crippen MR) is 119 cm³/mol. The lowest BCUT2D eigenvalue weighted by Gasteiger charge is -2.44. The second-order valence-electron chi connectivity index (χ2n) is 8.79. The molecular weight excluding hydrogens is 390 g/mol. The number of rotatable bonds is 3. The van der Waals surface area contributed by atoms with Crippen LogP contribution in [0.5, 0.6) is 0 Å². The Morgan fingerprint density at radius 1 is 1.00 bits per heavy atom. The molecule has 2 aromatic rings. The molecule has 2 aromatic carbocycles. The first-order valence-corrected chi connectivity index (χ1v) is 10.9. The number of urea groups is 1. The summed E-state index contributed by atoms with van der Waals surface area (Å²) in [5.41, 5.74) is 4.62. The van der Waals surface area contributed by atoms with Gasteiger partial charge in [0.1, 0.15) is 18.5 Å². The van der Waals surface area contributed by atoms with Crippen LogP contribution in [0.2, 0.25) is 0 Å². The summed E-state index contributed by atoms with van der Waals surface area (Å²) in [5.74, 6) is -0.117. The van der Waals surface area contributed by atoms with E-state index in [0.717, 1.165) is 30.8 Å². The van der Waals surface area contributed by atoms with Crippen LogP contribution in [0, 0.1) is 13.8 Å². The molecule has 5 rings (SSSR count). The SMILES string of the molecule is Cc1ccc(N2CCCN3C4C(=O)N(Cc5ccccc5)C(=O)N(C)C4NC23)cc1C. The molecule has 3 heterocycles. The highest BCUT2D eigenvalue weighted by molar-refractivity contribution is 6.00. The summed E-state index contributed by atoms with van der Waals surface area (Å²) in [6, 6.07) is 15.6. The molecule has 162 valence electrons. The molecule has 31 heavy (non-hydrogen) atoms. The van der Waals surface area contributed by atoms with Crippen LogP contribution in [0.25, 0.3) is 0 Å². The van der Waals surface area contributed by atoms with Gasteiger partial charge in [0, 0.05) is 25.8 Å². The molecule has 3 amide bonds. The molecule has 0 saturated carbocycles. The normalized spacial score (nSPS) is 26.3. The number of hydrogen-bond acceptors (Lipinski definition) is 5. The minimum absolute atomic E-state index is 0.110. The van der Waals surface area contributed by atoms with Gasteiger partial charge in [-0.25, -0.2) is 4.79 Å². The molecule has 3 aliphatic rings. The Hall–Kier alpha value is -2.90. The third-order valence-corrected chi connectivity index (χ3v) is 6.88. The van der Waals surface area contributed by atoms with Crippen molar-refractivity contribution in [1.82, 2.24) is 20.0 Å². The highest BCUT2D eigenvalue weighted by Gasteiger charge is 2.56. The second kappa shape index (κ2) is 7.66. The van der Waals surface area contributed by atoms with Crippen LogP contribution in [0.15, 0.2) is 48.5 Å². The molecule has 1 N–H and O–H groups in total. The number of likely N-dealkylation sites (N-methyl/N-ethyl adjacent to an activating group) is 1. The lowest BCUT2D eigenvalue weighted by atomic mass is 10.1. The topological polar surface area (TPSA) is 59.1 Å². The number of carbonyl (C=O) groups is 2. The molecule has 0 spiro atoms. The van der Waals surface area contributed by atoms with Gasteiger partial charge < -0.3 is 9.80 Å². The zero-order chi connectivity index (χ0) is 21.7. The maximum Gasteiger partial charge on any atom is 0.328 e. The van der Waals surface area contributed by atoms with Gasteiger partial charge in [-0.1, -0.05) is 36.4 Å². The molecule has 7 nitrogen and oxygen atoms in total. The molecule has 3 saturated heterocycles. The Kier molecular flexibility index (Phi) is 4.95. The summed E-state index contributed by atoms with van der Waals surface area (Å²) < 4.78 is 0. The van der Waals surface area contributed by atoms with Gasteiger partial charge in [-0.05, 0) is 49.1 Å². The van der Waals surface area contributed by atoms with Crippen LogP contribution in [-0.4, -0.2) is 65.3 Å². The Morgan fingerprint density at radius 2 is 1.77 bits per heavy atom. The van der Waals surface area contributed by atoms with Gasteiger partial charge in [0.2, 0.25) is 0 Å². The summed E-state index contributed by atoms with van der Waals surface area (Å²) in [4.78, 5) is 34.3. The monoisotopic (exact) mass is 419 g/mol. The van der Waals surface area contributed by atoms with Crippen molar-refractivity contribution < 1.29 is 9.59 Å². The molecule has 3 atom stereocenters. The van der Waals surface area contributed by atoms with E-state index in [1.807, 2.05) is 30.3 Å². The van der Waals surface area contributed by atoms with E-state index in [1.165, 1.54) is 16.0 Å². The van der Waals surface area contributed by atoms with E-state index in [-0.39, 0.29) is 30.4 Å². The van der Waals surface area contributed by atoms with Gasteiger partial charge in [-0.3, -0.25) is 19.9 Å². The smallest absolute Gasteiger partial charge is 0.328 e. The Bertz CT molecular complexity index is 1010. The summed E-state index contributed by atoms with van der Waals surface area (Å²) >= 11 is 0. The van der Waals surface area contributed by atoms with Gasteiger partial charge >= 0.3 is 6.03 Å². The third kappa shape index (κ3) is 3.28. The maximum atomic E-state index is 13.5. The van der Waals surface area contributed by atoms with Crippen molar-refractivity contribution in [1.29, 1.82) is 0 Å². The largest absolute Gasteiger partial charge is 0.343 e. The summed E-state index contributed by atoms with van der Waals surface area (Å²) in [6.07, 6.45) is 0.531. The fourth-order valence-electron chi connectivity index (χ4n) is 5.00. The van der Waals surface area contributed by atoms with Crippen LogP contribution in [-0.2, 0) is 11.3 Å². The second-order valence-corrected chi connectivity index (χ2v) is 8.79. The number of fused-ring (bicyclic) bond motifs is 3. The van der Waals surface area contributed by atoms with Crippen molar-refractivity contribution >= 4 is 17.6 Å². The standard InChI is InChI=1S/C24H29N5O2/c1-16-10-11-19(14-17(16)2)27-12-7-13-28-20-21(25-23(27)28)26(3)24(31)29(22(20)30)15-18-8-5-4-6-9-18/h4-6,8-11,14,20-21,23,25H,7,12-13,15H2,1-3H3. The first-order valence-electron chi connectivity index (χ1n) is 10.9. The van der Waals surface area contributed by atoms with Crippen molar-refractivity contribution in [3.63, 3.8) is 0 Å².